The van der Waals surface area contributed by atoms with E-state index in [9.17, 15) is 14.7 Å². The number of aliphatic hydroxyl groups excluding tert-OH is 1. The Morgan fingerprint density at radius 2 is 1.89 bits per heavy atom. The second kappa shape index (κ2) is 7.53. The maximum absolute atomic E-state index is 12.8. The van der Waals surface area contributed by atoms with Crippen LogP contribution in [0.1, 0.15) is 41.5 Å². The molecule has 1 unspecified atom stereocenters. The first-order valence-corrected chi connectivity index (χ1v) is 8.40. The largest absolute Gasteiger partial charge is 0.534 e. The van der Waals surface area contributed by atoms with E-state index in [1.165, 1.54) is 12.3 Å². The van der Waals surface area contributed by atoms with Gasteiger partial charge in [0.2, 0.25) is 6.41 Å². The number of nitrogens with zero attached hydrogens (tertiary/aromatic N) is 2. The number of rotatable bonds is 4. The lowest BCUT2D eigenvalue weighted by Gasteiger charge is -2.25. The van der Waals surface area contributed by atoms with Crippen molar-refractivity contribution in [2.75, 3.05) is 5.32 Å². The van der Waals surface area contributed by atoms with Gasteiger partial charge in [0.05, 0.1) is 11.1 Å². The smallest absolute Gasteiger partial charge is 0.427 e. The summed E-state index contributed by atoms with van der Waals surface area (Å²) in [6.45, 7) is 10.3. The Bertz CT molecular complexity index is 879. The van der Waals surface area contributed by atoms with E-state index in [0.29, 0.717) is 5.52 Å². The van der Waals surface area contributed by atoms with Crippen LogP contribution in [0.4, 0.5) is 10.5 Å². The van der Waals surface area contributed by atoms with Gasteiger partial charge in [0.25, 0.3) is 0 Å². The van der Waals surface area contributed by atoms with Gasteiger partial charge in [-0.1, -0.05) is 0 Å². The zero-order valence-electron chi connectivity index (χ0n) is 16.3. The normalized spacial score (nSPS) is 13.3. The molecule has 1 atom stereocenters. The molecule has 0 radical (unpaired) electrons. The molecule has 0 amide bonds. The Kier molecular flexibility index (Phi) is 5.76. The van der Waals surface area contributed by atoms with Crippen LogP contribution >= 0.6 is 0 Å². The van der Waals surface area contributed by atoms with Crippen LogP contribution in [-0.4, -0.2) is 38.6 Å². The van der Waals surface area contributed by atoms with E-state index < -0.39 is 29.3 Å². The molecule has 0 aliphatic carbocycles. The van der Waals surface area contributed by atoms with Gasteiger partial charge in [-0.25, -0.2) is 4.79 Å². The molecule has 0 bridgehead atoms. The molecular formula is C18H25N3O6. The van der Waals surface area contributed by atoms with Gasteiger partial charge in [0.1, 0.15) is 16.8 Å². The van der Waals surface area contributed by atoms with Gasteiger partial charge in [-0.2, -0.15) is 0 Å². The Morgan fingerprint density at radius 3 is 2.48 bits per heavy atom. The van der Waals surface area contributed by atoms with Crippen molar-refractivity contribution in [1.29, 1.82) is 0 Å². The van der Waals surface area contributed by atoms with E-state index in [0.717, 1.165) is 4.73 Å². The van der Waals surface area contributed by atoms with Crippen molar-refractivity contribution in [2.45, 2.75) is 59.2 Å². The number of carbonyl (C=O) groups is 1. The molecule has 0 fully saturated rings. The van der Waals surface area contributed by atoms with E-state index in [1.54, 1.807) is 53.7 Å². The van der Waals surface area contributed by atoms with Crippen LogP contribution in [0, 0.1) is 0 Å². The van der Waals surface area contributed by atoms with Crippen LogP contribution in [0.25, 0.3) is 11.0 Å². The number of ether oxygens (including phenoxy) is 2. The molecule has 0 saturated carbocycles. The number of aliphatic hydroxyl groups is 1. The lowest BCUT2D eigenvalue weighted by molar-refractivity contribution is -0.148. The second-order valence-corrected chi connectivity index (χ2v) is 7.85. The fraction of sp³-hybridized carbons (Fsp3) is 0.500. The first-order valence-electron chi connectivity index (χ1n) is 8.40. The van der Waals surface area contributed by atoms with E-state index in [-0.39, 0.29) is 11.2 Å². The first-order chi connectivity index (χ1) is 12.4. The Labute approximate surface area is 156 Å². The molecule has 0 aliphatic rings. The third kappa shape index (κ3) is 5.93. The molecule has 0 spiro atoms. The Morgan fingerprint density at radius 1 is 1.22 bits per heavy atom. The van der Waals surface area contributed by atoms with E-state index in [4.69, 9.17) is 14.3 Å². The molecule has 2 N–H and O–H groups in total. The molecule has 0 aromatic carbocycles. The number of fused-ring (bicyclic) bond motifs is 1. The summed E-state index contributed by atoms with van der Waals surface area (Å²) in [5.74, 6) is 0. The quantitative estimate of drug-likeness (QED) is 0.615. The van der Waals surface area contributed by atoms with Gasteiger partial charge < -0.3 is 19.9 Å². The monoisotopic (exact) mass is 379 g/mol. The summed E-state index contributed by atoms with van der Waals surface area (Å²) in [6.07, 6.45) is -0.969. The summed E-state index contributed by atoms with van der Waals surface area (Å²) in [4.78, 5) is 34.0. The van der Waals surface area contributed by atoms with Crippen molar-refractivity contribution >= 4 is 22.9 Å². The SMILES string of the molecule is CC(C)(C)OC(=O)On1c(=O)c(NC(O)OC(C)(C)C)cc2ncccc21. The second-order valence-electron chi connectivity index (χ2n) is 7.85. The van der Waals surface area contributed by atoms with Crippen LogP contribution < -0.4 is 15.7 Å². The van der Waals surface area contributed by atoms with Crippen molar-refractivity contribution in [3.63, 3.8) is 0 Å². The number of carbonyl (C=O) groups excluding carboxylic acids is 1. The number of aromatic nitrogens is 2. The molecule has 0 aliphatic heterocycles. The maximum Gasteiger partial charge on any atom is 0.534 e. The van der Waals surface area contributed by atoms with E-state index in [2.05, 4.69) is 10.3 Å². The molecule has 9 heteroatoms. The predicted octanol–water partition coefficient (Wildman–Crippen LogP) is 2.26. The van der Waals surface area contributed by atoms with Crippen LogP contribution in [0.5, 0.6) is 0 Å². The standard InChI is InChI=1S/C18H25N3O6/c1-17(2,3)25-15(23)20-12-10-11-13(8-7-9-19-11)21(14(12)22)27-16(24)26-18(4,5)6/h7-10,15,20,23H,1-6H3. The number of pyridine rings is 2. The minimum absolute atomic E-state index is 0.0542. The highest BCUT2D eigenvalue weighted by atomic mass is 16.8. The molecule has 2 aromatic rings. The minimum atomic E-state index is -1.45. The van der Waals surface area contributed by atoms with Gasteiger partial charge in [-0.05, 0) is 59.7 Å². The Hall–Kier alpha value is -2.65. The number of nitrogens with one attached hydrogen (secondary N) is 1. The number of anilines is 1. The van der Waals surface area contributed by atoms with Gasteiger partial charge in [-0.3, -0.25) is 14.6 Å². The van der Waals surface area contributed by atoms with Crippen molar-refractivity contribution in [3.05, 3.63) is 34.7 Å². The van der Waals surface area contributed by atoms with E-state index >= 15 is 0 Å². The molecule has 9 nitrogen and oxygen atoms in total. The van der Waals surface area contributed by atoms with Crippen LogP contribution in [0.15, 0.2) is 29.2 Å². The fourth-order valence-corrected chi connectivity index (χ4v) is 2.14. The molecule has 0 saturated heterocycles. The maximum atomic E-state index is 12.8. The van der Waals surface area contributed by atoms with Gasteiger partial charge in [0.15, 0.2) is 0 Å². The van der Waals surface area contributed by atoms with Crippen LogP contribution in [0.2, 0.25) is 0 Å². The number of hydrogen-bond donors (Lipinski definition) is 2. The van der Waals surface area contributed by atoms with Gasteiger partial charge in [0, 0.05) is 6.20 Å². The Balaban J connectivity index is 2.41. The minimum Gasteiger partial charge on any atom is -0.427 e. The summed E-state index contributed by atoms with van der Waals surface area (Å²) in [6, 6.07) is 4.60. The molecule has 2 heterocycles. The van der Waals surface area contributed by atoms with Crippen molar-refractivity contribution in [3.8, 4) is 0 Å². The first kappa shape index (κ1) is 20.7. The molecule has 2 aromatic heterocycles. The van der Waals surface area contributed by atoms with Crippen molar-refractivity contribution < 1.29 is 24.2 Å². The summed E-state index contributed by atoms with van der Waals surface area (Å²) in [7, 11) is 0. The average Bonchev–Trinajstić information content (AvgIpc) is 2.47. The highest BCUT2D eigenvalue weighted by Gasteiger charge is 2.22. The summed E-state index contributed by atoms with van der Waals surface area (Å²) in [5, 5.41) is 12.6. The van der Waals surface area contributed by atoms with Crippen LogP contribution in [-0.2, 0) is 9.47 Å². The lowest BCUT2D eigenvalue weighted by atomic mass is 10.2. The summed E-state index contributed by atoms with van der Waals surface area (Å²) >= 11 is 0. The highest BCUT2D eigenvalue weighted by Crippen LogP contribution is 2.16. The van der Waals surface area contributed by atoms with E-state index in [1.807, 2.05) is 0 Å². The molecule has 27 heavy (non-hydrogen) atoms. The molecular weight excluding hydrogens is 354 g/mol. The number of hydrogen-bond acceptors (Lipinski definition) is 8. The average molecular weight is 379 g/mol. The zero-order valence-corrected chi connectivity index (χ0v) is 16.3. The molecule has 148 valence electrons. The highest BCUT2D eigenvalue weighted by molar-refractivity contribution is 5.78. The molecule has 2 rings (SSSR count). The zero-order chi connectivity index (χ0) is 20.4. The van der Waals surface area contributed by atoms with Crippen LogP contribution in [0.3, 0.4) is 0 Å². The summed E-state index contributed by atoms with van der Waals surface area (Å²) < 4.78 is 11.2. The lowest BCUT2D eigenvalue weighted by Crippen LogP contribution is -2.38. The third-order valence-electron chi connectivity index (χ3n) is 3.03. The third-order valence-corrected chi connectivity index (χ3v) is 3.03. The van der Waals surface area contributed by atoms with Gasteiger partial charge >= 0.3 is 11.7 Å². The summed E-state index contributed by atoms with van der Waals surface area (Å²) in [5.41, 5.74) is -1.56. The predicted molar refractivity (Wildman–Crippen MR) is 99.3 cm³/mol. The van der Waals surface area contributed by atoms with Gasteiger partial charge in [-0.15, -0.1) is 4.73 Å². The fourth-order valence-electron chi connectivity index (χ4n) is 2.14. The van der Waals surface area contributed by atoms with Crippen molar-refractivity contribution in [2.24, 2.45) is 0 Å². The topological polar surface area (TPSA) is 112 Å². The van der Waals surface area contributed by atoms with Crippen molar-refractivity contribution in [1.82, 2.24) is 9.71 Å².